The fraction of sp³-hybridized carbons (Fsp3) is 0.375. The van der Waals surface area contributed by atoms with Crippen molar-refractivity contribution < 1.29 is 9.59 Å². The van der Waals surface area contributed by atoms with Crippen molar-refractivity contribution in [2.24, 2.45) is 17.4 Å². The van der Waals surface area contributed by atoms with Crippen molar-refractivity contribution in [3.63, 3.8) is 0 Å². The van der Waals surface area contributed by atoms with Crippen LogP contribution in [0.4, 0.5) is 0 Å². The van der Waals surface area contributed by atoms with E-state index >= 15 is 0 Å². The van der Waals surface area contributed by atoms with Crippen molar-refractivity contribution in [1.29, 1.82) is 0 Å². The van der Waals surface area contributed by atoms with Crippen LogP contribution >= 0.6 is 0 Å². The first kappa shape index (κ1) is 15.1. The minimum absolute atomic E-state index is 0.0174. The van der Waals surface area contributed by atoms with Gasteiger partial charge in [0, 0.05) is 30.1 Å². The number of primary amides is 1. The first-order valence-corrected chi connectivity index (χ1v) is 6.99. The SMILES string of the molecule is NCC#Cc1ccc(C(=O)N2CCC(C(N)=O)CC2)cc1. The summed E-state index contributed by atoms with van der Waals surface area (Å²) in [4.78, 5) is 25.2. The Morgan fingerprint density at radius 2 is 1.81 bits per heavy atom. The number of carbonyl (C=O) groups excluding carboxylic acids is 2. The van der Waals surface area contributed by atoms with Crippen molar-refractivity contribution in [2.75, 3.05) is 19.6 Å². The molecule has 1 saturated heterocycles. The van der Waals surface area contributed by atoms with Gasteiger partial charge in [0.25, 0.3) is 5.91 Å². The largest absolute Gasteiger partial charge is 0.369 e. The smallest absolute Gasteiger partial charge is 0.253 e. The number of hydrogen-bond acceptors (Lipinski definition) is 3. The Labute approximate surface area is 124 Å². The summed E-state index contributed by atoms with van der Waals surface area (Å²) in [5.41, 5.74) is 12.1. The molecule has 1 aromatic carbocycles. The van der Waals surface area contributed by atoms with Crippen molar-refractivity contribution in [2.45, 2.75) is 12.8 Å². The third-order valence-corrected chi connectivity index (χ3v) is 3.65. The standard InChI is InChI=1S/C16H19N3O2/c17-9-1-2-12-3-5-14(6-4-12)16(21)19-10-7-13(8-11-19)15(18)20/h3-6,13H,7-11,17H2,(H2,18,20). The monoisotopic (exact) mass is 285 g/mol. The van der Waals surface area contributed by atoms with Gasteiger partial charge in [-0.25, -0.2) is 0 Å². The van der Waals surface area contributed by atoms with Gasteiger partial charge in [-0.1, -0.05) is 11.8 Å². The fourth-order valence-electron chi connectivity index (χ4n) is 2.40. The number of hydrogen-bond donors (Lipinski definition) is 2. The highest BCUT2D eigenvalue weighted by molar-refractivity contribution is 5.94. The van der Waals surface area contributed by atoms with Crippen molar-refractivity contribution in [1.82, 2.24) is 4.90 Å². The average Bonchev–Trinajstić information content (AvgIpc) is 2.53. The van der Waals surface area contributed by atoms with E-state index in [0.717, 1.165) is 5.56 Å². The van der Waals surface area contributed by atoms with Crippen molar-refractivity contribution >= 4 is 11.8 Å². The minimum atomic E-state index is -0.273. The van der Waals surface area contributed by atoms with Crippen LogP contribution in [0.15, 0.2) is 24.3 Å². The van der Waals surface area contributed by atoms with Gasteiger partial charge in [0.1, 0.15) is 0 Å². The maximum Gasteiger partial charge on any atom is 0.253 e. The van der Waals surface area contributed by atoms with Crippen LogP contribution < -0.4 is 11.5 Å². The van der Waals surface area contributed by atoms with E-state index in [1.165, 1.54) is 0 Å². The van der Waals surface area contributed by atoms with Crippen LogP contribution in [0, 0.1) is 17.8 Å². The Morgan fingerprint density at radius 3 is 2.33 bits per heavy atom. The van der Waals surface area contributed by atoms with E-state index in [-0.39, 0.29) is 17.7 Å². The highest BCUT2D eigenvalue weighted by Crippen LogP contribution is 2.18. The van der Waals surface area contributed by atoms with Crippen LogP contribution in [-0.4, -0.2) is 36.3 Å². The van der Waals surface area contributed by atoms with E-state index in [2.05, 4.69) is 11.8 Å². The molecule has 110 valence electrons. The van der Waals surface area contributed by atoms with Gasteiger partial charge in [-0.3, -0.25) is 9.59 Å². The van der Waals surface area contributed by atoms with Crippen molar-refractivity contribution in [3.8, 4) is 11.8 Å². The molecule has 1 aromatic rings. The lowest BCUT2D eigenvalue weighted by Gasteiger charge is -2.30. The maximum absolute atomic E-state index is 12.4. The summed E-state index contributed by atoms with van der Waals surface area (Å²) in [6.07, 6.45) is 1.28. The van der Waals surface area contributed by atoms with Crippen LogP contribution in [0.5, 0.6) is 0 Å². The molecule has 5 nitrogen and oxygen atoms in total. The summed E-state index contributed by atoms with van der Waals surface area (Å²) in [6, 6.07) is 7.16. The molecule has 1 aliphatic heterocycles. The van der Waals surface area contributed by atoms with Gasteiger partial charge in [0.2, 0.25) is 5.91 Å². The van der Waals surface area contributed by atoms with Crippen LogP contribution in [0.25, 0.3) is 0 Å². The van der Waals surface area contributed by atoms with Crippen molar-refractivity contribution in [3.05, 3.63) is 35.4 Å². The van der Waals surface area contributed by atoms with E-state index in [1.807, 2.05) is 12.1 Å². The first-order valence-electron chi connectivity index (χ1n) is 6.99. The summed E-state index contributed by atoms with van der Waals surface area (Å²) in [5.74, 6) is 5.29. The molecule has 0 unspecified atom stereocenters. The quantitative estimate of drug-likeness (QED) is 0.768. The summed E-state index contributed by atoms with van der Waals surface area (Å²) >= 11 is 0. The highest BCUT2D eigenvalue weighted by Gasteiger charge is 2.26. The molecule has 4 N–H and O–H groups in total. The third-order valence-electron chi connectivity index (χ3n) is 3.65. The predicted octanol–water partition coefficient (Wildman–Crippen LogP) is 0.334. The van der Waals surface area contributed by atoms with Gasteiger partial charge in [0.05, 0.1) is 6.54 Å². The highest BCUT2D eigenvalue weighted by atomic mass is 16.2. The molecule has 0 atom stereocenters. The summed E-state index contributed by atoms with van der Waals surface area (Å²) in [7, 11) is 0. The second-order valence-electron chi connectivity index (χ2n) is 5.05. The normalized spacial score (nSPS) is 15.2. The maximum atomic E-state index is 12.4. The molecule has 0 aliphatic carbocycles. The van der Waals surface area contributed by atoms with Gasteiger partial charge in [0.15, 0.2) is 0 Å². The van der Waals surface area contributed by atoms with Gasteiger partial charge in [-0.2, -0.15) is 0 Å². The van der Waals surface area contributed by atoms with Gasteiger partial charge >= 0.3 is 0 Å². The van der Waals surface area contributed by atoms with Gasteiger partial charge < -0.3 is 16.4 Å². The Kier molecular flexibility index (Phi) is 4.96. The average molecular weight is 285 g/mol. The molecule has 0 aromatic heterocycles. The first-order chi connectivity index (χ1) is 10.1. The van der Waals surface area contributed by atoms with E-state index < -0.39 is 0 Å². The fourth-order valence-corrected chi connectivity index (χ4v) is 2.40. The molecule has 5 heteroatoms. The zero-order valence-electron chi connectivity index (χ0n) is 11.8. The van der Waals surface area contributed by atoms with Gasteiger partial charge in [-0.15, -0.1) is 0 Å². The summed E-state index contributed by atoms with van der Waals surface area (Å²) < 4.78 is 0. The number of likely N-dealkylation sites (tertiary alicyclic amines) is 1. The third kappa shape index (κ3) is 3.83. The summed E-state index contributed by atoms with van der Waals surface area (Å²) in [6.45, 7) is 1.46. The van der Waals surface area contributed by atoms with E-state index in [0.29, 0.717) is 38.0 Å². The second kappa shape index (κ2) is 6.91. The molecule has 2 amide bonds. The zero-order valence-corrected chi connectivity index (χ0v) is 11.8. The number of rotatable bonds is 2. The zero-order chi connectivity index (χ0) is 15.2. The molecular weight excluding hydrogens is 266 g/mol. The molecule has 21 heavy (non-hydrogen) atoms. The van der Waals surface area contributed by atoms with Crippen LogP contribution in [0.2, 0.25) is 0 Å². The topological polar surface area (TPSA) is 89.4 Å². The molecule has 0 saturated carbocycles. The lowest BCUT2D eigenvalue weighted by atomic mass is 9.96. The predicted molar refractivity (Wildman–Crippen MR) is 80.2 cm³/mol. The number of piperidine rings is 1. The Morgan fingerprint density at radius 1 is 1.19 bits per heavy atom. The Balaban J connectivity index is 1.99. The molecule has 1 fully saturated rings. The lowest BCUT2D eigenvalue weighted by molar-refractivity contribution is -0.123. The number of amides is 2. The molecule has 1 heterocycles. The Hall–Kier alpha value is -2.32. The van der Waals surface area contributed by atoms with Crippen LogP contribution in [-0.2, 0) is 4.79 Å². The minimum Gasteiger partial charge on any atom is -0.369 e. The molecule has 0 spiro atoms. The van der Waals surface area contributed by atoms with Gasteiger partial charge in [-0.05, 0) is 37.1 Å². The number of nitrogens with two attached hydrogens (primary N) is 2. The summed E-state index contributed by atoms with van der Waals surface area (Å²) in [5, 5.41) is 0. The number of carbonyl (C=O) groups is 2. The van der Waals surface area contributed by atoms with Crippen LogP contribution in [0.1, 0.15) is 28.8 Å². The number of nitrogens with zero attached hydrogens (tertiary/aromatic N) is 1. The van der Waals surface area contributed by atoms with E-state index in [9.17, 15) is 9.59 Å². The van der Waals surface area contributed by atoms with E-state index in [4.69, 9.17) is 11.5 Å². The lowest BCUT2D eigenvalue weighted by Crippen LogP contribution is -2.41. The van der Waals surface area contributed by atoms with E-state index in [1.54, 1.807) is 17.0 Å². The Bertz CT molecular complexity index is 576. The molecular formula is C16H19N3O2. The second-order valence-corrected chi connectivity index (χ2v) is 5.05. The molecule has 0 bridgehead atoms. The van der Waals surface area contributed by atoms with Crippen LogP contribution in [0.3, 0.4) is 0 Å². The molecule has 2 rings (SSSR count). The number of benzene rings is 1. The molecule has 1 aliphatic rings. The molecule has 0 radical (unpaired) electrons.